The van der Waals surface area contributed by atoms with Gasteiger partial charge in [-0.25, -0.2) is 0 Å². The average molecular weight is 862 g/mol. The number of aliphatic hydroxyl groups excluding tert-OH is 2. The highest BCUT2D eigenvalue weighted by atomic mass is 16.8. The average Bonchev–Trinajstić information content (AvgIpc) is 3.55. The van der Waals surface area contributed by atoms with Gasteiger partial charge in [0.1, 0.15) is 35.9 Å². The number of epoxide rings is 1. The van der Waals surface area contributed by atoms with Crippen LogP contribution in [-0.2, 0) is 50.5 Å². The van der Waals surface area contributed by atoms with E-state index in [-0.39, 0.29) is 31.7 Å². The standard InChI is InChI=1S/C50H59N3O10/c1-29(55)39(44(56)51-23-24-54)52-46(58)49-27-37-40-41(62-50(61-40,33-11-7-5-8-12-33)34-13-9-6-10-14-34)43(49)63-53(42(49)45(57)59-37)28-31-17-15-30(16-18-31)25-32-19-20-38-48(4,60-38)22-21-36-35(32)26-47(36,2)3/h5-18,25,29,35-43,54-55H,19-24,26-28H2,1-4H3,(H,51,56)(H,52,58)/t29-,35+,36+,37+,38?,39+,40-,41-,42-,43+,48+,49-/m0/s1. The summed E-state index contributed by atoms with van der Waals surface area (Å²) in [6.07, 6.45) is 3.21. The first-order valence-electron chi connectivity index (χ1n) is 22.7. The predicted octanol–water partition coefficient (Wildman–Crippen LogP) is 4.92. The van der Waals surface area contributed by atoms with Crippen molar-refractivity contribution in [1.82, 2.24) is 15.7 Å². The molecule has 12 atom stereocenters. The lowest BCUT2D eigenvalue weighted by Crippen LogP contribution is -2.71. The highest BCUT2D eigenvalue weighted by Crippen LogP contribution is 2.61. The van der Waals surface area contributed by atoms with E-state index in [1.54, 1.807) is 0 Å². The smallest absolute Gasteiger partial charge is 0.327 e. The molecule has 1 unspecified atom stereocenters. The number of allylic oxidation sites excluding steroid dienone is 1. The summed E-state index contributed by atoms with van der Waals surface area (Å²) in [6, 6.07) is 24.7. The second-order valence-corrected chi connectivity index (χ2v) is 19.8. The van der Waals surface area contributed by atoms with Gasteiger partial charge in [0.2, 0.25) is 17.6 Å². The minimum atomic E-state index is -1.62. The Morgan fingerprint density at radius 1 is 0.905 bits per heavy atom. The van der Waals surface area contributed by atoms with E-state index in [9.17, 15) is 19.8 Å². The number of nitrogens with zero attached hydrogens (tertiary/aromatic N) is 1. The van der Waals surface area contributed by atoms with Gasteiger partial charge in [-0.1, -0.05) is 110 Å². The molecule has 4 aliphatic heterocycles. The number of hydroxylamine groups is 2. The Morgan fingerprint density at radius 3 is 2.24 bits per heavy atom. The van der Waals surface area contributed by atoms with Gasteiger partial charge in [0.25, 0.3) is 0 Å². The molecule has 0 radical (unpaired) electrons. The van der Waals surface area contributed by atoms with E-state index in [4.69, 9.17) is 23.8 Å². The molecule has 3 aliphatic carbocycles. The van der Waals surface area contributed by atoms with Crippen LogP contribution in [-0.4, -0.2) is 101 Å². The summed E-state index contributed by atoms with van der Waals surface area (Å²) >= 11 is 0. The van der Waals surface area contributed by atoms with Gasteiger partial charge in [0.15, 0.2) is 6.04 Å². The lowest BCUT2D eigenvalue weighted by molar-refractivity contribution is -0.213. The number of rotatable bonds is 11. The van der Waals surface area contributed by atoms with Crippen LogP contribution in [0.4, 0.5) is 0 Å². The maximum Gasteiger partial charge on any atom is 0.327 e. The molecule has 4 heterocycles. The molecule has 3 aromatic carbocycles. The van der Waals surface area contributed by atoms with E-state index < -0.39 is 71.6 Å². The number of benzene rings is 3. The molecular formula is C50H59N3O10. The molecule has 13 heteroatoms. The first-order chi connectivity index (χ1) is 30.3. The lowest BCUT2D eigenvalue weighted by atomic mass is 9.52. The van der Waals surface area contributed by atoms with Gasteiger partial charge >= 0.3 is 5.97 Å². The van der Waals surface area contributed by atoms with Crippen molar-refractivity contribution in [2.45, 2.75) is 133 Å². The topological polar surface area (TPSA) is 168 Å². The molecule has 2 bridgehead atoms. The Hall–Kier alpha value is -4.47. The Labute approximate surface area is 368 Å². The van der Waals surface area contributed by atoms with Crippen LogP contribution in [0.5, 0.6) is 0 Å². The minimum Gasteiger partial charge on any atom is -0.458 e. The van der Waals surface area contributed by atoms with Crippen LogP contribution in [0.2, 0.25) is 0 Å². The number of carbonyl (C=O) groups is 3. The van der Waals surface area contributed by atoms with E-state index >= 15 is 4.79 Å². The van der Waals surface area contributed by atoms with Crippen LogP contribution in [0.25, 0.3) is 6.08 Å². The fraction of sp³-hybridized carbons (Fsp3) is 0.540. The fourth-order valence-corrected chi connectivity index (χ4v) is 12.0. The van der Waals surface area contributed by atoms with Crippen molar-refractivity contribution in [3.8, 4) is 0 Å². The molecule has 0 aromatic heterocycles. The molecule has 334 valence electrons. The summed E-state index contributed by atoms with van der Waals surface area (Å²) < 4.78 is 26.5. The van der Waals surface area contributed by atoms with Gasteiger partial charge < -0.3 is 39.8 Å². The molecule has 4 N–H and O–H groups in total. The maximum atomic E-state index is 15.1. The van der Waals surface area contributed by atoms with Crippen molar-refractivity contribution in [1.29, 1.82) is 0 Å². The van der Waals surface area contributed by atoms with Gasteiger partial charge in [-0.3, -0.25) is 19.2 Å². The third-order valence-electron chi connectivity index (χ3n) is 15.4. The minimum absolute atomic E-state index is 0.0158. The number of amides is 2. The summed E-state index contributed by atoms with van der Waals surface area (Å²) in [5, 5.41) is 27.0. The second kappa shape index (κ2) is 15.9. The number of ether oxygens (including phenoxy) is 4. The maximum absolute atomic E-state index is 15.1. The first kappa shape index (κ1) is 42.5. The summed E-state index contributed by atoms with van der Waals surface area (Å²) in [6.45, 7) is 8.21. The predicted molar refractivity (Wildman–Crippen MR) is 230 cm³/mol. The molecule has 63 heavy (non-hydrogen) atoms. The van der Waals surface area contributed by atoms with Crippen LogP contribution in [0, 0.1) is 22.7 Å². The SMILES string of the molecule is C[C@H](O)[C@@H](NC(=O)[C@@]12C[C@H]3OC(=O)[C@@H]1N(Cc1ccc(C=C4CCC5O[C@]5(C)CC[C@@H]5[C@@H]4CC5(C)C)cc1)O[C@@H]2[C@H]1OC(c2ccccc2)(c2ccccc2)O[C@H]13)C(=O)NCCO. The van der Waals surface area contributed by atoms with Crippen LogP contribution in [0.1, 0.15) is 88.5 Å². The van der Waals surface area contributed by atoms with E-state index in [1.165, 1.54) is 30.4 Å². The monoisotopic (exact) mass is 861 g/mol. The second-order valence-electron chi connectivity index (χ2n) is 19.8. The number of carbonyl (C=O) groups excluding carboxylic acids is 3. The van der Waals surface area contributed by atoms with Crippen molar-refractivity contribution >= 4 is 23.9 Å². The van der Waals surface area contributed by atoms with Gasteiger partial charge in [-0.2, -0.15) is 5.06 Å². The molecule has 3 saturated carbocycles. The normalized spacial score (nSPS) is 36.2. The van der Waals surface area contributed by atoms with Gasteiger partial charge in [-0.15, -0.1) is 0 Å². The molecule has 13 nitrogen and oxygen atoms in total. The number of fused-ring (bicyclic) bond motifs is 6. The fourth-order valence-electron chi connectivity index (χ4n) is 12.0. The van der Waals surface area contributed by atoms with Crippen molar-refractivity contribution in [2.75, 3.05) is 13.2 Å². The lowest BCUT2D eigenvalue weighted by Gasteiger charge is -2.53. The van der Waals surface area contributed by atoms with E-state index in [0.29, 0.717) is 34.5 Å². The van der Waals surface area contributed by atoms with E-state index in [1.807, 2.05) is 72.8 Å². The van der Waals surface area contributed by atoms with E-state index in [2.05, 4.69) is 49.6 Å². The molecule has 3 aromatic rings. The summed E-state index contributed by atoms with van der Waals surface area (Å²) in [5.41, 5.74) is 3.59. The number of aliphatic hydroxyl groups is 2. The van der Waals surface area contributed by atoms with Crippen molar-refractivity contribution in [3.05, 3.63) is 113 Å². The van der Waals surface area contributed by atoms with Crippen LogP contribution in [0.15, 0.2) is 90.5 Å². The Balaban J connectivity index is 0.977. The van der Waals surface area contributed by atoms with Crippen LogP contribution < -0.4 is 10.6 Å². The Morgan fingerprint density at radius 2 is 1.59 bits per heavy atom. The molecule has 4 saturated heterocycles. The Bertz CT molecular complexity index is 2210. The molecular weight excluding hydrogens is 803 g/mol. The van der Waals surface area contributed by atoms with Crippen molar-refractivity contribution in [2.24, 2.45) is 22.7 Å². The summed E-state index contributed by atoms with van der Waals surface area (Å²) in [5.74, 6) is -2.23. The van der Waals surface area contributed by atoms with E-state index in [0.717, 1.165) is 30.4 Å². The number of hydrogen-bond donors (Lipinski definition) is 4. The van der Waals surface area contributed by atoms with Gasteiger partial charge in [-0.05, 0) is 74.3 Å². The van der Waals surface area contributed by atoms with Crippen molar-refractivity contribution < 1.29 is 48.4 Å². The van der Waals surface area contributed by atoms with Gasteiger partial charge in [0, 0.05) is 24.1 Å². The molecule has 7 fully saturated rings. The van der Waals surface area contributed by atoms with Gasteiger partial charge in [0.05, 0.1) is 31.0 Å². The number of nitrogens with one attached hydrogen (secondary N) is 2. The van der Waals surface area contributed by atoms with Crippen molar-refractivity contribution in [3.63, 3.8) is 0 Å². The number of esters is 1. The zero-order valence-corrected chi connectivity index (χ0v) is 36.4. The largest absolute Gasteiger partial charge is 0.458 e. The number of hydrogen-bond acceptors (Lipinski definition) is 11. The highest BCUT2D eigenvalue weighted by Gasteiger charge is 2.77. The Kier molecular flexibility index (Phi) is 10.7. The third kappa shape index (κ3) is 7.15. The summed E-state index contributed by atoms with van der Waals surface area (Å²) in [4.78, 5) is 49.7. The zero-order valence-electron chi connectivity index (χ0n) is 36.4. The molecule has 2 amide bonds. The highest BCUT2D eigenvalue weighted by molar-refractivity contribution is 5.96. The zero-order chi connectivity index (χ0) is 43.9. The molecule has 7 aliphatic rings. The molecule has 10 rings (SSSR count). The quantitative estimate of drug-likeness (QED) is 0.153. The van der Waals surface area contributed by atoms with Crippen LogP contribution in [0.3, 0.4) is 0 Å². The first-order valence-corrected chi connectivity index (χ1v) is 22.7. The molecule has 0 spiro atoms. The summed E-state index contributed by atoms with van der Waals surface area (Å²) in [7, 11) is 0. The van der Waals surface area contributed by atoms with Crippen LogP contribution >= 0.6 is 0 Å². The third-order valence-corrected chi connectivity index (χ3v) is 15.4.